The molecule has 0 heterocycles. The van der Waals surface area contributed by atoms with Gasteiger partial charge in [-0.2, -0.15) is 0 Å². The topological polar surface area (TPSA) is 29.1 Å². The van der Waals surface area contributed by atoms with Crippen LogP contribution >= 0.6 is 43.5 Å². The monoisotopic (exact) mass is 365 g/mol. The van der Waals surface area contributed by atoms with Crippen LogP contribution in [0.25, 0.3) is 0 Å². The summed E-state index contributed by atoms with van der Waals surface area (Å²) in [5.74, 6) is -0.108. The van der Waals surface area contributed by atoms with Crippen LogP contribution in [0, 0.1) is 0 Å². The first-order valence-corrected chi connectivity index (χ1v) is 7.19. The molecule has 1 N–H and O–H groups in total. The normalized spacial score (nSPS) is 16.9. The first kappa shape index (κ1) is 12.4. The van der Waals surface area contributed by atoms with E-state index < -0.39 is 0 Å². The molecule has 86 valence electrons. The van der Waals surface area contributed by atoms with Crippen LogP contribution in [0.4, 0.5) is 0 Å². The minimum absolute atomic E-state index is 0.0528. The summed E-state index contributed by atoms with van der Waals surface area (Å²) in [6.07, 6.45) is 2.05. The van der Waals surface area contributed by atoms with E-state index in [2.05, 4.69) is 37.2 Å². The minimum atomic E-state index is -0.108. The van der Waals surface area contributed by atoms with Gasteiger partial charge in [0.05, 0.1) is 16.1 Å². The third-order valence-corrected chi connectivity index (χ3v) is 4.56. The number of benzene rings is 1. The average Bonchev–Trinajstić information content (AvgIpc) is 3.02. The fourth-order valence-corrected chi connectivity index (χ4v) is 2.69. The van der Waals surface area contributed by atoms with Crippen molar-refractivity contribution in [2.75, 3.05) is 5.33 Å². The fourth-order valence-electron chi connectivity index (χ4n) is 1.42. The third-order valence-electron chi connectivity index (χ3n) is 2.66. The highest BCUT2D eigenvalue weighted by Crippen LogP contribution is 2.37. The molecule has 1 aliphatic carbocycles. The Kier molecular flexibility index (Phi) is 3.62. The molecular weight excluding hydrogens is 357 g/mol. The molecule has 1 aromatic rings. The summed E-state index contributed by atoms with van der Waals surface area (Å²) >= 11 is 12.7. The number of carbonyl (C=O) groups excluding carboxylic acids is 1. The molecule has 0 saturated heterocycles. The molecule has 1 saturated carbocycles. The SMILES string of the molecule is O=C(NC1(CBr)CC1)c1cc(Br)ccc1Cl. The maximum Gasteiger partial charge on any atom is 0.253 e. The Balaban J connectivity index is 2.17. The summed E-state index contributed by atoms with van der Waals surface area (Å²) in [5.41, 5.74) is 0.464. The van der Waals surface area contributed by atoms with Crippen molar-refractivity contribution in [1.82, 2.24) is 5.32 Å². The van der Waals surface area contributed by atoms with Crippen molar-refractivity contribution in [2.45, 2.75) is 18.4 Å². The predicted octanol–water partition coefficient (Wildman–Crippen LogP) is 3.76. The van der Waals surface area contributed by atoms with E-state index in [0.717, 1.165) is 22.6 Å². The lowest BCUT2D eigenvalue weighted by molar-refractivity contribution is 0.0936. The molecule has 2 nitrogen and oxygen atoms in total. The maximum atomic E-state index is 12.0. The summed E-state index contributed by atoms with van der Waals surface area (Å²) in [5, 5.41) is 4.28. The summed E-state index contributed by atoms with van der Waals surface area (Å²) in [7, 11) is 0. The van der Waals surface area contributed by atoms with Crippen LogP contribution in [-0.4, -0.2) is 16.8 Å². The zero-order valence-corrected chi connectivity index (χ0v) is 12.3. The van der Waals surface area contributed by atoms with Gasteiger partial charge in [0.15, 0.2) is 0 Å². The highest BCUT2D eigenvalue weighted by Gasteiger charge is 2.43. The second-order valence-corrected chi connectivity index (χ2v) is 5.88. The Bertz CT molecular complexity index is 432. The lowest BCUT2D eigenvalue weighted by atomic mass is 10.2. The summed E-state index contributed by atoms with van der Waals surface area (Å²) in [4.78, 5) is 12.0. The number of hydrogen-bond donors (Lipinski definition) is 1. The van der Waals surface area contributed by atoms with E-state index in [4.69, 9.17) is 11.6 Å². The zero-order valence-electron chi connectivity index (χ0n) is 8.40. The Morgan fingerprint density at radius 1 is 1.50 bits per heavy atom. The van der Waals surface area contributed by atoms with Crippen molar-refractivity contribution in [3.05, 3.63) is 33.3 Å². The van der Waals surface area contributed by atoms with Gasteiger partial charge in [0.25, 0.3) is 5.91 Å². The lowest BCUT2D eigenvalue weighted by Crippen LogP contribution is -2.38. The van der Waals surface area contributed by atoms with Gasteiger partial charge in [-0.1, -0.05) is 43.5 Å². The third kappa shape index (κ3) is 2.60. The Morgan fingerprint density at radius 3 is 2.75 bits per heavy atom. The van der Waals surface area contributed by atoms with E-state index in [9.17, 15) is 4.79 Å². The average molecular weight is 367 g/mol. The van der Waals surface area contributed by atoms with Crippen LogP contribution in [0.3, 0.4) is 0 Å². The Hall–Kier alpha value is -0.0600. The molecule has 0 aromatic heterocycles. The van der Waals surface area contributed by atoms with Crippen molar-refractivity contribution in [3.63, 3.8) is 0 Å². The highest BCUT2D eigenvalue weighted by atomic mass is 79.9. The number of hydrogen-bond acceptors (Lipinski definition) is 1. The largest absolute Gasteiger partial charge is 0.346 e. The molecule has 1 aromatic carbocycles. The van der Waals surface area contributed by atoms with Crippen LogP contribution in [-0.2, 0) is 0 Å². The van der Waals surface area contributed by atoms with E-state index in [0.29, 0.717) is 10.6 Å². The van der Waals surface area contributed by atoms with Crippen LogP contribution in [0.1, 0.15) is 23.2 Å². The Labute approximate surface area is 116 Å². The lowest BCUT2D eigenvalue weighted by Gasteiger charge is -2.14. The van der Waals surface area contributed by atoms with Gasteiger partial charge in [0.1, 0.15) is 0 Å². The van der Waals surface area contributed by atoms with E-state index in [1.807, 2.05) is 6.07 Å². The maximum absolute atomic E-state index is 12.0. The zero-order chi connectivity index (χ0) is 11.8. The van der Waals surface area contributed by atoms with Gasteiger partial charge >= 0.3 is 0 Å². The van der Waals surface area contributed by atoms with Crippen molar-refractivity contribution in [3.8, 4) is 0 Å². The predicted molar refractivity (Wildman–Crippen MR) is 72.4 cm³/mol. The molecule has 0 radical (unpaired) electrons. The van der Waals surface area contributed by atoms with Crippen molar-refractivity contribution in [1.29, 1.82) is 0 Å². The van der Waals surface area contributed by atoms with E-state index in [1.54, 1.807) is 12.1 Å². The summed E-state index contributed by atoms with van der Waals surface area (Å²) in [6.45, 7) is 0. The van der Waals surface area contributed by atoms with E-state index in [-0.39, 0.29) is 11.4 Å². The first-order valence-electron chi connectivity index (χ1n) is 4.90. The molecule has 0 bridgehead atoms. The summed E-state index contributed by atoms with van der Waals surface area (Å²) in [6, 6.07) is 5.27. The standard InChI is InChI=1S/C11H10Br2ClNO/c12-6-11(3-4-11)15-10(16)8-5-7(13)1-2-9(8)14/h1-2,5H,3-4,6H2,(H,15,16). The Morgan fingerprint density at radius 2 is 2.19 bits per heavy atom. The second-order valence-electron chi connectivity index (χ2n) is 3.99. The molecule has 16 heavy (non-hydrogen) atoms. The number of nitrogens with one attached hydrogen (secondary N) is 1. The molecule has 0 spiro atoms. The van der Waals surface area contributed by atoms with Gasteiger partial charge in [-0.3, -0.25) is 4.79 Å². The smallest absolute Gasteiger partial charge is 0.253 e. The van der Waals surface area contributed by atoms with Gasteiger partial charge in [-0.25, -0.2) is 0 Å². The fraction of sp³-hybridized carbons (Fsp3) is 0.364. The van der Waals surface area contributed by atoms with Crippen LogP contribution in [0.2, 0.25) is 5.02 Å². The number of amides is 1. The molecule has 1 amide bonds. The van der Waals surface area contributed by atoms with Gasteiger partial charge in [0, 0.05) is 9.80 Å². The van der Waals surface area contributed by atoms with Crippen LogP contribution < -0.4 is 5.32 Å². The molecule has 0 unspecified atom stereocenters. The number of halogens is 3. The molecule has 0 aliphatic heterocycles. The van der Waals surface area contributed by atoms with Crippen LogP contribution in [0.5, 0.6) is 0 Å². The van der Waals surface area contributed by atoms with Gasteiger partial charge in [-0.15, -0.1) is 0 Å². The van der Waals surface area contributed by atoms with Crippen molar-refractivity contribution in [2.24, 2.45) is 0 Å². The summed E-state index contributed by atoms with van der Waals surface area (Å²) < 4.78 is 0.853. The highest BCUT2D eigenvalue weighted by molar-refractivity contribution is 9.10. The van der Waals surface area contributed by atoms with Crippen LogP contribution in [0.15, 0.2) is 22.7 Å². The van der Waals surface area contributed by atoms with Gasteiger partial charge < -0.3 is 5.32 Å². The van der Waals surface area contributed by atoms with E-state index in [1.165, 1.54) is 0 Å². The number of rotatable bonds is 3. The molecule has 5 heteroatoms. The molecule has 0 atom stereocenters. The molecule has 2 rings (SSSR count). The van der Waals surface area contributed by atoms with E-state index >= 15 is 0 Å². The van der Waals surface area contributed by atoms with Gasteiger partial charge in [-0.05, 0) is 31.0 Å². The molecule has 1 aliphatic rings. The number of alkyl halides is 1. The first-order chi connectivity index (χ1) is 7.56. The molecule has 1 fully saturated rings. The van der Waals surface area contributed by atoms with Gasteiger partial charge in [0.2, 0.25) is 0 Å². The van der Waals surface area contributed by atoms with Crippen molar-refractivity contribution < 1.29 is 4.79 Å². The second kappa shape index (κ2) is 4.67. The number of carbonyl (C=O) groups is 1. The minimum Gasteiger partial charge on any atom is -0.346 e. The molecular formula is C11H10Br2ClNO. The quantitative estimate of drug-likeness (QED) is 0.810. The van der Waals surface area contributed by atoms with Crippen molar-refractivity contribution >= 4 is 49.4 Å².